The number of amides is 1. The van der Waals surface area contributed by atoms with Gasteiger partial charge in [-0.25, -0.2) is 4.39 Å². The largest absolute Gasteiger partial charge is 0.506 e. The van der Waals surface area contributed by atoms with Gasteiger partial charge in [0.2, 0.25) is 5.78 Å². The molecule has 1 aromatic rings. The standard InChI is InChI=1S/C12H8FNO5/c13-5-1-2-6-7(3-5)11(18)9(10(6)17)12(19)14-4-8(15)16/h1-3,18H,4H2,(H,14,19)(H,15,16). The van der Waals surface area contributed by atoms with Gasteiger partial charge in [-0.1, -0.05) is 0 Å². The Labute approximate surface area is 106 Å². The topological polar surface area (TPSA) is 104 Å². The molecule has 19 heavy (non-hydrogen) atoms. The number of hydrogen-bond acceptors (Lipinski definition) is 4. The lowest BCUT2D eigenvalue weighted by Crippen LogP contribution is -2.32. The molecule has 0 saturated heterocycles. The molecule has 1 amide bonds. The zero-order chi connectivity index (χ0) is 14.2. The molecule has 1 aliphatic carbocycles. The molecule has 0 aromatic heterocycles. The van der Waals surface area contributed by atoms with E-state index < -0.39 is 41.4 Å². The number of Topliss-reactive ketones (excluding diaryl/α,β-unsaturated/α-hetero) is 1. The van der Waals surface area contributed by atoms with Gasteiger partial charge in [0.1, 0.15) is 23.7 Å². The highest BCUT2D eigenvalue weighted by atomic mass is 19.1. The third kappa shape index (κ3) is 2.17. The first-order chi connectivity index (χ1) is 8.91. The predicted octanol–water partition coefficient (Wildman–Crippen LogP) is 0.492. The fourth-order valence-electron chi connectivity index (χ4n) is 1.74. The molecular formula is C12H8FNO5. The van der Waals surface area contributed by atoms with Crippen molar-refractivity contribution in [3.8, 4) is 0 Å². The summed E-state index contributed by atoms with van der Waals surface area (Å²) in [4.78, 5) is 33.8. The van der Waals surface area contributed by atoms with Crippen LogP contribution in [0.5, 0.6) is 0 Å². The van der Waals surface area contributed by atoms with Gasteiger partial charge < -0.3 is 15.5 Å². The highest BCUT2D eigenvalue weighted by Crippen LogP contribution is 2.31. The molecule has 3 N–H and O–H groups in total. The second-order valence-electron chi connectivity index (χ2n) is 3.82. The van der Waals surface area contributed by atoms with E-state index in [4.69, 9.17) is 5.11 Å². The fraction of sp³-hybridized carbons (Fsp3) is 0.0833. The van der Waals surface area contributed by atoms with E-state index in [1.807, 2.05) is 5.32 Å². The lowest BCUT2D eigenvalue weighted by molar-refractivity contribution is -0.137. The highest BCUT2D eigenvalue weighted by molar-refractivity contribution is 6.33. The molecule has 1 aromatic carbocycles. The number of benzene rings is 1. The van der Waals surface area contributed by atoms with Crippen molar-refractivity contribution in [3.63, 3.8) is 0 Å². The number of fused-ring (bicyclic) bond motifs is 1. The smallest absolute Gasteiger partial charge is 0.322 e. The van der Waals surface area contributed by atoms with Crippen LogP contribution in [-0.4, -0.2) is 34.4 Å². The van der Waals surface area contributed by atoms with E-state index in [1.54, 1.807) is 0 Å². The molecule has 6 nitrogen and oxygen atoms in total. The van der Waals surface area contributed by atoms with Crippen molar-refractivity contribution < 1.29 is 29.0 Å². The average molecular weight is 265 g/mol. The van der Waals surface area contributed by atoms with E-state index >= 15 is 0 Å². The van der Waals surface area contributed by atoms with E-state index in [-0.39, 0.29) is 11.1 Å². The Bertz CT molecular complexity index is 635. The van der Waals surface area contributed by atoms with Crippen molar-refractivity contribution in [3.05, 3.63) is 40.7 Å². The molecule has 98 valence electrons. The van der Waals surface area contributed by atoms with Crippen molar-refractivity contribution in [1.29, 1.82) is 0 Å². The first-order valence-electron chi connectivity index (χ1n) is 5.19. The molecule has 0 radical (unpaired) electrons. The van der Waals surface area contributed by atoms with Crippen LogP contribution >= 0.6 is 0 Å². The minimum Gasteiger partial charge on any atom is -0.506 e. The maximum absolute atomic E-state index is 13.0. The zero-order valence-corrected chi connectivity index (χ0v) is 9.44. The van der Waals surface area contributed by atoms with Gasteiger partial charge in [-0.15, -0.1) is 0 Å². The van der Waals surface area contributed by atoms with Crippen LogP contribution in [0.3, 0.4) is 0 Å². The summed E-state index contributed by atoms with van der Waals surface area (Å²) in [5.74, 6) is -4.38. The fourth-order valence-corrected chi connectivity index (χ4v) is 1.74. The lowest BCUT2D eigenvalue weighted by atomic mass is 10.1. The summed E-state index contributed by atoms with van der Waals surface area (Å²) >= 11 is 0. The van der Waals surface area contributed by atoms with Crippen molar-refractivity contribution >= 4 is 23.4 Å². The number of nitrogens with one attached hydrogen (secondary N) is 1. The number of halogens is 1. The molecule has 0 saturated carbocycles. The second kappa shape index (κ2) is 4.52. The highest BCUT2D eigenvalue weighted by Gasteiger charge is 2.34. The number of carboxylic acid groups (broad SMARTS) is 1. The van der Waals surface area contributed by atoms with Crippen molar-refractivity contribution in [2.24, 2.45) is 0 Å². The minimum absolute atomic E-state index is 0.000579. The van der Waals surface area contributed by atoms with Crippen LogP contribution in [0.15, 0.2) is 23.8 Å². The van der Waals surface area contributed by atoms with Gasteiger partial charge in [0.25, 0.3) is 5.91 Å². The van der Waals surface area contributed by atoms with Crippen LogP contribution < -0.4 is 5.32 Å². The number of aliphatic carboxylic acids is 1. The lowest BCUT2D eigenvalue weighted by Gasteiger charge is -2.02. The number of aliphatic hydroxyl groups excluding tert-OH is 1. The van der Waals surface area contributed by atoms with E-state index in [9.17, 15) is 23.9 Å². The van der Waals surface area contributed by atoms with Crippen LogP contribution in [0.4, 0.5) is 4.39 Å². The Morgan fingerprint density at radius 2 is 1.95 bits per heavy atom. The van der Waals surface area contributed by atoms with E-state index in [0.29, 0.717) is 0 Å². The summed E-state index contributed by atoms with van der Waals surface area (Å²) < 4.78 is 13.0. The number of ketones is 1. The monoisotopic (exact) mass is 265 g/mol. The van der Waals surface area contributed by atoms with Gasteiger partial charge in [0.15, 0.2) is 0 Å². The van der Waals surface area contributed by atoms with Gasteiger partial charge in [-0.3, -0.25) is 14.4 Å². The van der Waals surface area contributed by atoms with Crippen molar-refractivity contribution in [2.45, 2.75) is 0 Å². The second-order valence-corrected chi connectivity index (χ2v) is 3.82. The Hall–Kier alpha value is -2.70. The van der Waals surface area contributed by atoms with Gasteiger partial charge in [0.05, 0.1) is 0 Å². The summed E-state index contributed by atoms with van der Waals surface area (Å²) in [6.45, 7) is -0.687. The summed E-state index contributed by atoms with van der Waals surface area (Å²) in [5.41, 5.74) is -0.660. The van der Waals surface area contributed by atoms with Gasteiger partial charge in [-0.05, 0) is 18.2 Å². The number of hydrogen-bond donors (Lipinski definition) is 3. The zero-order valence-electron chi connectivity index (χ0n) is 9.44. The van der Waals surface area contributed by atoms with Crippen LogP contribution in [-0.2, 0) is 9.59 Å². The third-order valence-corrected chi connectivity index (χ3v) is 2.57. The number of rotatable bonds is 3. The van der Waals surface area contributed by atoms with E-state index in [0.717, 1.165) is 18.2 Å². The maximum atomic E-state index is 13.0. The molecule has 7 heteroatoms. The molecule has 0 unspecified atom stereocenters. The molecule has 0 spiro atoms. The first kappa shape index (κ1) is 12.7. The average Bonchev–Trinajstić information content (AvgIpc) is 2.59. The number of aliphatic hydroxyl groups is 1. The molecule has 0 atom stereocenters. The minimum atomic E-state index is -1.29. The first-order valence-corrected chi connectivity index (χ1v) is 5.19. The molecule has 0 heterocycles. The normalized spacial score (nSPS) is 13.4. The van der Waals surface area contributed by atoms with Gasteiger partial charge in [-0.2, -0.15) is 0 Å². The van der Waals surface area contributed by atoms with E-state index in [1.165, 1.54) is 0 Å². The molecule has 0 bridgehead atoms. The molecule has 0 fully saturated rings. The molecule has 2 rings (SSSR count). The molecular weight excluding hydrogens is 257 g/mol. The van der Waals surface area contributed by atoms with Crippen LogP contribution in [0.2, 0.25) is 0 Å². The van der Waals surface area contributed by atoms with Gasteiger partial charge in [0, 0.05) is 11.1 Å². The quantitative estimate of drug-likeness (QED) is 0.690. The number of carboxylic acids is 1. The Morgan fingerprint density at radius 3 is 2.58 bits per heavy atom. The van der Waals surface area contributed by atoms with Crippen LogP contribution in [0.1, 0.15) is 15.9 Å². The van der Waals surface area contributed by atoms with Crippen molar-refractivity contribution in [2.75, 3.05) is 6.54 Å². The van der Waals surface area contributed by atoms with Gasteiger partial charge >= 0.3 is 5.97 Å². The Kier molecular flexibility index (Phi) is 3.04. The summed E-state index contributed by atoms with van der Waals surface area (Å²) in [6.07, 6.45) is 0. The molecule has 1 aliphatic rings. The summed E-state index contributed by atoms with van der Waals surface area (Å²) in [5, 5.41) is 20.1. The van der Waals surface area contributed by atoms with Crippen molar-refractivity contribution in [1.82, 2.24) is 5.32 Å². The number of carbonyl (C=O) groups is 3. The maximum Gasteiger partial charge on any atom is 0.322 e. The summed E-state index contributed by atoms with van der Waals surface area (Å²) in [7, 11) is 0. The summed E-state index contributed by atoms with van der Waals surface area (Å²) in [6, 6.07) is 3.11. The Balaban J connectivity index is 2.35. The SMILES string of the molecule is O=C(O)CNC(=O)C1=C(O)c2cc(F)ccc2C1=O. The third-order valence-electron chi connectivity index (χ3n) is 2.57. The van der Waals surface area contributed by atoms with Crippen LogP contribution in [0, 0.1) is 5.82 Å². The van der Waals surface area contributed by atoms with Crippen LogP contribution in [0.25, 0.3) is 5.76 Å². The number of carbonyl (C=O) groups excluding carboxylic acids is 2. The molecule has 0 aliphatic heterocycles. The predicted molar refractivity (Wildman–Crippen MR) is 60.9 cm³/mol. The Morgan fingerprint density at radius 1 is 1.26 bits per heavy atom. The van der Waals surface area contributed by atoms with E-state index in [2.05, 4.69) is 0 Å².